The average Bonchev–Trinajstić information content (AvgIpc) is 2.93. The van der Waals surface area contributed by atoms with E-state index in [9.17, 15) is 4.79 Å². The molecule has 0 saturated carbocycles. The maximum Gasteiger partial charge on any atom is 0.230 e. The summed E-state index contributed by atoms with van der Waals surface area (Å²) in [7, 11) is 0. The van der Waals surface area contributed by atoms with Gasteiger partial charge in [-0.05, 0) is 42.7 Å². The number of hydrogen-bond acceptors (Lipinski definition) is 4. The van der Waals surface area contributed by atoms with E-state index in [0.29, 0.717) is 6.42 Å². The molecule has 0 spiro atoms. The molecule has 1 aromatic heterocycles. The first-order chi connectivity index (χ1) is 11.5. The maximum absolute atomic E-state index is 12.3. The van der Waals surface area contributed by atoms with Crippen molar-refractivity contribution in [2.75, 3.05) is 11.1 Å². The zero-order valence-electron chi connectivity index (χ0n) is 14.5. The standard InChI is InChI=1S/C19H24N2OS2/c1-4-23-14-9-7-13(8-10-14)12-16(22)20-18-21-17-15(24-18)6-5-11-19(17,2)3/h7-10H,4-6,11-12H2,1-3H3,(H,20,21,22). The lowest BCUT2D eigenvalue weighted by atomic mass is 9.79. The molecule has 5 heteroatoms. The summed E-state index contributed by atoms with van der Waals surface area (Å²) in [5.41, 5.74) is 2.34. The number of fused-ring (bicyclic) bond motifs is 1. The van der Waals surface area contributed by atoms with E-state index in [0.717, 1.165) is 22.9 Å². The third kappa shape index (κ3) is 4.01. The Labute approximate surface area is 152 Å². The van der Waals surface area contributed by atoms with Crippen LogP contribution in [0.3, 0.4) is 0 Å². The van der Waals surface area contributed by atoms with E-state index in [1.807, 2.05) is 23.9 Å². The van der Waals surface area contributed by atoms with Crippen molar-refractivity contribution in [2.45, 2.75) is 56.8 Å². The first-order valence-electron chi connectivity index (χ1n) is 8.50. The molecular formula is C19H24N2OS2. The van der Waals surface area contributed by atoms with Gasteiger partial charge in [0.2, 0.25) is 5.91 Å². The van der Waals surface area contributed by atoms with Crippen molar-refractivity contribution < 1.29 is 4.79 Å². The second-order valence-corrected chi connectivity index (χ2v) is 9.25. The van der Waals surface area contributed by atoms with Crippen LogP contribution in [0, 0.1) is 0 Å². The molecule has 0 fully saturated rings. The molecule has 1 aliphatic carbocycles. The van der Waals surface area contributed by atoms with Gasteiger partial charge < -0.3 is 5.32 Å². The van der Waals surface area contributed by atoms with Crippen molar-refractivity contribution in [3.05, 3.63) is 40.4 Å². The summed E-state index contributed by atoms with van der Waals surface area (Å²) < 4.78 is 0. The second kappa shape index (κ2) is 7.28. The molecule has 3 rings (SSSR count). The molecule has 1 heterocycles. The van der Waals surface area contributed by atoms with Crippen molar-refractivity contribution in [3.63, 3.8) is 0 Å². The van der Waals surface area contributed by atoms with E-state index in [-0.39, 0.29) is 11.3 Å². The number of amides is 1. The van der Waals surface area contributed by atoms with Crippen LogP contribution < -0.4 is 5.32 Å². The minimum absolute atomic E-state index is 0.00907. The summed E-state index contributed by atoms with van der Waals surface area (Å²) in [5.74, 6) is 1.07. The molecular weight excluding hydrogens is 336 g/mol. The highest BCUT2D eigenvalue weighted by Gasteiger charge is 2.31. The van der Waals surface area contributed by atoms with Crippen LogP contribution in [0.25, 0.3) is 0 Å². The fourth-order valence-corrected chi connectivity index (χ4v) is 4.99. The molecule has 0 radical (unpaired) electrons. The molecule has 0 aliphatic heterocycles. The quantitative estimate of drug-likeness (QED) is 0.759. The van der Waals surface area contributed by atoms with E-state index < -0.39 is 0 Å². The third-order valence-electron chi connectivity index (χ3n) is 4.39. The second-order valence-electron chi connectivity index (χ2n) is 6.83. The number of anilines is 1. The minimum Gasteiger partial charge on any atom is -0.302 e. The van der Waals surface area contributed by atoms with Crippen LogP contribution in [-0.4, -0.2) is 16.6 Å². The van der Waals surface area contributed by atoms with Crippen molar-refractivity contribution in [2.24, 2.45) is 0 Å². The number of carbonyl (C=O) groups excluding carboxylic acids is 1. The first-order valence-corrected chi connectivity index (χ1v) is 10.3. The SMILES string of the molecule is CCSc1ccc(CC(=O)Nc2nc3c(s2)CCCC3(C)C)cc1. The molecule has 1 amide bonds. The highest BCUT2D eigenvalue weighted by molar-refractivity contribution is 7.99. The van der Waals surface area contributed by atoms with Gasteiger partial charge in [0.05, 0.1) is 12.1 Å². The third-order valence-corrected chi connectivity index (χ3v) is 6.31. The lowest BCUT2D eigenvalue weighted by molar-refractivity contribution is -0.115. The Kier molecular flexibility index (Phi) is 5.30. The van der Waals surface area contributed by atoms with Gasteiger partial charge in [0, 0.05) is 15.2 Å². The van der Waals surface area contributed by atoms with Crippen molar-refractivity contribution in [1.82, 2.24) is 4.98 Å². The molecule has 3 nitrogen and oxygen atoms in total. The summed E-state index contributed by atoms with van der Waals surface area (Å²) in [6.45, 7) is 6.62. The summed E-state index contributed by atoms with van der Waals surface area (Å²) in [6, 6.07) is 8.24. The Morgan fingerprint density at radius 1 is 1.33 bits per heavy atom. The van der Waals surface area contributed by atoms with E-state index in [2.05, 4.69) is 38.2 Å². The largest absolute Gasteiger partial charge is 0.302 e. The molecule has 0 atom stereocenters. The number of aryl methyl sites for hydroxylation is 1. The van der Waals surface area contributed by atoms with E-state index in [1.54, 1.807) is 11.3 Å². The summed E-state index contributed by atoms with van der Waals surface area (Å²) in [6.07, 6.45) is 3.85. The van der Waals surface area contributed by atoms with Gasteiger partial charge in [0.25, 0.3) is 0 Å². The van der Waals surface area contributed by atoms with Gasteiger partial charge in [-0.15, -0.1) is 23.1 Å². The molecule has 1 aromatic carbocycles. The summed E-state index contributed by atoms with van der Waals surface area (Å²) >= 11 is 3.45. The number of rotatable bonds is 5. The fourth-order valence-electron chi connectivity index (χ4n) is 3.13. The number of carbonyl (C=O) groups is 1. The Bertz CT molecular complexity index is 719. The normalized spacial score (nSPS) is 15.8. The number of aromatic nitrogens is 1. The van der Waals surface area contributed by atoms with Crippen molar-refractivity contribution >= 4 is 34.1 Å². The molecule has 0 unspecified atom stereocenters. The van der Waals surface area contributed by atoms with E-state index in [1.165, 1.54) is 28.3 Å². The van der Waals surface area contributed by atoms with Crippen LogP contribution in [0.2, 0.25) is 0 Å². The topological polar surface area (TPSA) is 42.0 Å². The van der Waals surface area contributed by atoms with E-state index in [4.69, 9.17) is 4.98 Å². The summed E-state index contributed by atoms with van der Waals surface area (Å²) in [5, 5.41) is 3.74. The minimum atomic E-state index is 0.00907. The van der Waals surface area contributed by atoms with Gasteiger partial charge in [-0.25, -0.2) is 4.98 Å². The van der Waals surface area contributed by atoms with Crippen LogP contribution >= 0.6 is 23.1 Å². The van der Waals surface area contributed by atoms with Gasteiger partial charge >= 0.3 is 0 Å². The molecule has 2 aromatic rings. The average molecular weight is 361 g/mol. The Balaban J connectivity index is 1.64. The highest BCUT2D eigenvalue weighted by atomic mass is 32.2. The Morgan fingerprint density at radius 3 is 2.75 bits per heavy atom. The van der Waals surface area contributed by atoms with Crippen molar-refractivity contribution in [3.8, 4) is 0 Å². The number of nitrogens with one attached hydrogen (secondary N) is 1. The number of benzene rings is 1. The summed E-state index contributed by atoms with van der Waals surface area (Å²) in [4.78, 5) is 19.6. The Hall–Kier alpha value is -1.33. The number of nitrogens with zero attached hydrogens (tertiary/aromatic N) is 1. The predicted octanol–water partition coefficient (Wildman–Crippen LogP) is 5.05. The maximum atomic E-state index is 12.3. The van der Waals surface area contributed by atoms with Crippen LogP contribution in [0.4, 0.5) is 5.13 Å². The zero-order valence-corrected chi connectivity index (χ0v) is 16.1. The molecule has 1 N–H and O–H groups in total. The van der Waals surface area contributed by atoms with Crippen LogP contribution in [0.15, 0.2) is 29.2 Å². The predicted molar refractivity (Wildman–Crippen MR) is 103 cm³/mol. The van der Waals surface area contributed by atoms with Gasteiger partial charge in [0.1, 0.15) is 0 Å². The lowest BCUT2D eigenvalue weighted by Crippen LogP contribution is -2.23. The monoisotopic (exact) mass is 360 g/mol. The molecule has 24 heavy (non-hydrogen) atoms. The van der Waals surface area contributed by atoms with Crippen LogP contribution in [0.5, 0.6) is 0 Å². The van der Waals surface area contributed by atoms with Gasteiger partial charge in [-0.3, -0.25) is 4.79 Å². The zero-order chi connectivity index (χ0) is 17.2. The van der Waals surface area contributed by atoms with Crippen LogP contribution in [0.1, 0.15) is 49.7 Å². The van der Waals surface area contributed by atoms with Gasteiger partial charge in [-0.1, -0.05) is 32.9 Å². The fraction of sp³-hybridized carbons (Fsp3) is 0.474. The van der Waals surface area contributed by atoms with E-state index >= 15 is 0 Å². The molecule has 1 aliphatic rings. The number of hydrogen-bond donors (Lipinski definition) is 1. The van der Waals surface area contributed by atoms with Crippen LogP contribution in [-0.2, 0) is 23.1 Å². The molecule has 128 valence electrons. The molecule has 0 bridgehead atoms. The van der Waals surface area contributed by atoms with Gasteiger partial charge in [0.15, 0.2) is 5.13 Å². The first kappa shape index (κ1) is 17.5. The highest BCUT2D eigenvalue weighted by Crippen LogP contribution is 2.40. The molecule has 0 saturated heterocycles. The lowest BCUT2D eigenvalue weighted by Gasteiger charge is -2.27. The number of thiazole rings is 1. The van der Waals surface area contributed by atoms with Gasteiger partial charge in [-0.2, -0.15) is 0 Å². The van der Waals surface area contributed by atoms with Crippen molar-refractivity contribution in [1.29, 1.82) is 0 Å². The Morgan fingerprint density at radius 2 is 2.08 bits per heavy atom. The smallest absolute Gasteiger partial charge is 0.230 e. The number of thioether (sulfide) groups is 1.